The van der Waals surface area contributed by atoms with Crippen LogP contribution in [0.5, 0.6) is 0 Å². The van der Waals surface area contributed by atoms with E-state index in [2.05, 4.69) is 191 Å². The Balaban J connectivity index is 4.62. The van der Waals surface area contributed by atoms with Gasteiger partial charge in [-0.05, 0) is 148 Å². The number of allylic oxidation sites excluding steroid dienone is 28. The van der Waals surface area contributed by atoms with E-state index in [4.69, 9.17) is 32.3 Å². The highest BCUT2D eigenvalue weighted by molar-refractivity contribution is 7.47. The maximum atomic E-state index is 13.0. The molecule has 0 rings (SSSR count). The van der Waals surface area contributed by atoms with E-state index < -0.39 is 91.5 Å². The molecule has 0 aliphatic carbocycles. The Morgan fingerprint density at radius 2 is 0.485 bits per heavy atom. The summed E-state index contributed by atoms with van der Waals surface area (Å²) in [4.78, 5) is 58.7. The molecule has 0 bridgehead atoms. The molecule has 18 heteroatoms. The number of esters is 3. The second-order valence-electron chi connectivity index (χ2n) is 25.7. The van der Waals surface area contributed by atoms with Crippen LogP contribution in [0.1, 0.15) is 290 Å². The largest absolute Gasteiger partial charge is 0.472 e. The first-order chi connectivity index (χ1) is 50.2. The molecule has 5 unspecified atom stereocenters. The number of rotatable bonds is 73. The lowest BCUT2D eigenvalue weighted by atomic mass is 10.1. The topological polar surface area (TPSA) is 231 Å². The van der Waals surface area contributed by atoms with E-state index in [0.717, 1.165) is 199 Å². The molecule has 0 fully saturated rings. The fraction of sp³-hybridized carbons (Fsp3) is 0.635. The first kappa shape index (κ1) is 97.9. The van der Waals surface area contributed by atoms with Crippen LogP contribution in [0.3, 0.4) is 0 Å². The molecule has 0 saturated heterocycles. The molecule has 16 nitrogen and oxygen atoms in total. The quantitative estimate of drug-likeness (QED) is 0.0146. The number of aliphatic hydroxyl groups is 2. The molecule has 4 N–H and O–H groups in total. The van der Waals surface area contributed by atoms with Crippen LogP contribution in [0.4, 0.5) is 0 Å². The molecule has 0 aromatic carbocycles. The number of phosphoric acid groups is 2. The van der Waals surface area contributed by atoms with Crippen molar-refractivity contribution in [3.05, 3.63) is 170 Å². The van der Waals surface area contributed by atoms with Crippen LogP contribution in [0.25, 0.3) is 0 Å². The van der Waals surface area contributed by atoms with E-state index in [1.54, 1.807) is 0 Å². The molecule has 0 heterocycles. The molecule has 0 saturated carbocycles. The van der Waals surface area contributed by atoms with Crippen molar-refractivity contribution in [1.29, 1.82) is 0 Å². The SMILES string of the molecule is CC/C=C\C/C=C\C/C=C\C/C=C\C/C=C\C/C=C\CCCCCCCCCCCCC(=O)OCC(O)COP(=O)(O)OCC(O)COP(=O)(O)OCC(COC(=O)CCCCCCCC/C=C\C/C=C\C/C=C\C/C=C\CC)OC(=O)CCCCCCCC/C=C\C/C=C\C/C=C\C/C=C\CC. The number of unbranched alkanes of at least 4 members (excludes halogenated alkanes) is 22. The Kier molecular flexibility index (Phi) is 72.8. The second-order valence-corrected chi connectivity index (χ2v) is 28.6. The van der Waals surface area contributed by atoms with Crippen molar-refractivity contribution in [3.63, 3.8) is 0 Å². The number of hydrogen-bond donors (Lipinski definition) is 4. The Labute approximate surface area is 624 Å². The van der Waals surface area contributed by atoms with Gasteiger partial charge in [-0.1, -0.05) is 294 Å². The number of carbonyl (C=O) groups excluding carboxylic acids is 3. The normalized spacial score (nSPS) is 14.9. The zero-order valence-electron chi connectivity index (χ0n) is 63.9. The predicted molar refractivity (Wildman–Crippen MR) is 426 cm³/mol. The van der Waals surface area contributed by atoms with Crippen molar-refractivity contribution in [1.82, 2.24) is 0 Å². The standard InChI is InChI=1S/C85H140O16P2/c1-4-7-10-13-16-19-22-25-28-31-34-35-36-37-38-39-40-41-42-43-46-48-50-53-56-59-62-65-68-71-83(88)95-74-80(86)75-97-102(91,92)98-76-81(87)77-99-103(93,94)100-79-82(101-85(90)73-70-67-64-61-58-55-52-49-45-33-30-27-24-21-18-15-12-9-6-3)78-96-84(89)72-69-66-63-60-57-54-51-47-44-32-29-26-23-20-17-14-11-8-5-2/h7-12,16-21,25-30,34-35,37-38,40-41,44-45,47,49,80-82,86-87H,4-6,13-15,22-24,31-33,36,39,42-43,46,48,50-79H2,1-3H3,(H,91,92)(H,93,94)/b10-7-,11-8-,12-9-,19-16-,20-17-,21-18-,28-25-,29-26-,30-27-,35-34-,38-37-,41-40-,47-44-,49-45-. The molecule has 0 aromatic rings. The highest BCUT2D eigenvalue weighted by Gasteiger charge is 2.29. The minimum Gasteiger partial charge on any atom is -0.463 e. The lowest BCUT2D eigenvalue weighted by Gasteiger charge is -2.21. The number of aliphatic hydroxyl groups excluding tert-OH is 2. The molecule has 0 aliphatic rings. The fourth-order valence-electron chi connectivity index (χ4n) is 10.0. The Hall–Kier alpha value is -5.09. The van der Waals surface area contributed by atoms with Crippen LogP contribution in [-0.2, 0) is 55.8 Å². The van der Waals surface area contributed by atoms with E-state index in [9.17, 15) is 43.5 Å². The van der Waals surface area contributed by atoms with E-state index in [1.165, 1.54) is 32.1 Å². The summed E-state index contributed by atoms with van der Waals surface area (Å²) in [7, 11) is -9.81. The number of phosphoric ester groups is 2. The molecule has 0 radical (unpaired) electrons. The van der Waals surface area contributed by atoms with Gasteiger partial charge in [0, 0.05) is 19.3 Å². The Morgan fingerprint density at radius 1 is 0.272 bits per heavy atom. The Morgan fingerprint density at radius 3 is 0.767 bits per heavy atom. The first-order valence-corrected chi connectivity index (χ1v) is 42.4. The summed E-state index contributed by atoms with van der Waals surface area (Å²) in [5.74, 6) is -1.62. The summed E-state index contributed by atoms with van der Waals surface area (Å²) in [5, 5.41) is 20.6. The lowest BCUT2D eigenvalue weighted by Crippen LogP contribution is -2.30. The maximum absolute atomic E-state index is 13.0. The van der Waals surface area contributed by atoms with Crippen LogP contribution in [0.15, 0.2) is 170 Å². The zero-order chi connectivity index (χ0) is 75.2. The summed E-state index contributed by atoms with van der Waals surface area (Å²) >= 11 is 0. The van der Waals surface area contributed by atoms with Crippen molar-refractivity contribution >= 4 is 33.6 Å². The summed E-state index contributed by atoms with van der Waals surface area (Å²) in [6, 6.07) is 0. The highest BCUT2D eigenvalue weighted by Crippen LogP contribution is 2.45. The van der Waals surface area contributed by atoms with E-state index in [-0.39, 0.29) is 19.3 Å². The summed E-state index contributed by atoms with van der Waals surface area (Å²) in [6.07, 6.45) is 96.7. The average Bonchev–Trinajstić information content (AvgIpc) is 0.918. The van der Waals surface area contributed by atoms with Crippen LogP contribution in [0.2, 0.25) is 0 Å². The van der Waals surface area contributed by atoms with E-state index in [0.29, 0.717) is 19.3 Å². The van der Waals surface area contributed by atoms with Crippen LogP contribution in [-0.4, -0.2) is 95.9 Å². The van der Waals surface area contributed by atoms with Crippen LogP contribution < -0.4 is 0 Å². The summed E-state index contributed by atoms with van der Waals surface area (Å²) in [5.41, 5.74) is 0. The van der Waals surface area contributed by atoms with Gasteiger partial charge in [-0.15, -0.1) is 0 Å². The third-order valence-corrected chi connectivity index (χ3v) is 17.8. The zero-order valence-corrected chi connectivity index (χ0v) is 65.7. The summed E-state index contributed by atoms with van der Waals surface area (Å²) < 4.78 is 61.2. The molecule has 0 spiro atoms. The third kappa shape index (κ3) is 77.8. The number of ether oxygens (including phenoxy) is 3. The first-order valence-electron chi connectivity index (χ1n) is 39.4. The van der Waals surface area contributed by atoms with Crippen molar-refractivity contribution < 1.29 is 75.8 Å². The number of hydrogen-bond acceptors (Lipinski definition) is 14. The molecule has 5 atom stereocenters. The average molecular weight is 1480 g/mol. The van der Waals surface area contributed by atoms with Gasteiger partial charge in [0.2, 0.25) is 0 Å². The van der Waals surface area contributed by atoms with Crippen molar-refractivity contribution in [2.45, 2.75) is 309 Å². The van der Waals surface area contributed by atoms with Crippen LogP contribution in [0, 0.1) is 0 Å². The minimum absolute atomic E-state index is 0.0793. The van der Waals surface area contributed by atoms with Gasteiger partial charge in [-0.2, -0.15) is 0 Å². The third-order valence-electron chi connectivity index (χ3n) is 15.9. The lowest BCUT2D eigenvalue weighted by molar-refractivity contribution is -0.161. The highest BCUT2D eigenvalue weighted by atomic mass is 31.2. The maximum Gasteiger partial charge on any atom is 0.472 e. The smallest absolute Gasteiger partial charge is 0.463 e. The molecule has 0 aliphatic heterocycles. The van der Waals surface area contributed by atoms with Gasteiger partial charge in [0.05, 0.1) is 26.4 Å². The molecular formula is C85H140O16P2. The summed E-state index contributed by atoms with van der Waals surface area (Å²) in [6.45, 7) is 2.30. The predicted octanol–water partition coefficient (Wildman–Crippen LogP) is 23.2. The van der Waals surface area contributed by atoms with Gasteiger partial charge in [0.1, 0.15) is 25.4 Å². The minimum atomic E-state index is -4.95. The van der Waals surface area contributed by atoms with E-state index >= 15 is 0 Å². The molecule has 0 amide bonds. The molecule has 586 valence electrons. The van der Waals surface area contributed by atoms with Gasteiger partial charge in [-0.3, -0.25) is 32.5 Å². The van der Waals surface area contributed by atoms with Crippen molar-refractivity contribution in [2.75, 3.05) is 39.6 Å². The van der Waals surface area contributed by atoms with Crippen LogP contribution >= 0.6 is 15.6 Å². The molecular weight excluding hydrogens is 1340 g/mol. The Bertz CT molecular complexity index is 2550. The van der Waals surface area contributed by atoms with E-state index in [1.807, 2.05) is 0 Å². The second kappa shape index (κ2) is 76.6. The monoisotopic (exact) mass is 1480 g/mol. The van der Waals surface area contributed by atoms with Gasteiger partial charge >= 0.3 is 33.6 Å². The van der Waals surface area contributed by atoms with Gasteiger partial charge in [-0.25, -0.2) is 9.13 Å². The van der Waals surface area contributed by atoms with Gasteiger partial charge in [0.15, 0.2) is 6.10 Å². The molecule has 0 aromatic heterocycles. The van der Waals surface area contributed by atoms with Crippen molar-refractivity contribution in [3.8, 4) is 0 Å². The van der Waals surface area contributed by atoms with Gasteiger partial charge in [0.25, 0.3) is 0 Å². The molecule has 103 heavy (non-hydrogen) atoms. The number of carbonyl (C=O) groups is 3. The van der Waals surface area contributed by atoms with Crippen molar-refractivity contribution in [2.24, 2.45) is 0 Å². The fourth-order valence-corrected chi connectivity index (χ4v) is 11.6. The van der Waals surface area contributed by atoms with Gasteiger partial charge < -0.3 is 34.2 Å².